The Bertz CT molecular complexity index is 403. The van der Waals surface area contributed by atoms with Gasteiger partial charge in [-0.25, -0.2) is 0 Å². The molecule has 5 heteroatoms. The standard InChI is InChI=1S/C13H19N3OS/c14-13(18)12-6-5-11(9-15-12)16(7-2-8-17)10-3-1-4-10/h5-6,9-10,17H,1-4,7-8H2,(H2,14,18). The smallest absolute Gasteiger partial charge is 0.122 e. The maximum Gasteiger partial charge on any atom is 0.122 e. The van der Waals surface area contributed by atoms with E-state index in [1.807, 2.05) is 18.3 Å². The molecule has 1 saturated carbocycles. The summed E-state index contributed by atoms with van der Waals surface area (Å²) in [5.74, 6) is 0. The van der Waals surface area contributed by atoms with Crippen LogP contribution in [0, 0.1) is 0 Å². The maximum atomic E-state index is 8.98. The molecule has 1 aliphatic carbocycles. The summed E-state index contributed by atoms with van der Waals surface area (Å²) in [7, 11) is 0. The first-order valence-electron chi connectivity index (χ1n) is 6.35. The summed E-state index contributed by atoms with van der Waals surface area (Å²) in [5, 5.41) is 8.98. The minimum atomic E-state index is 0.224. The number of pyridine rings is 1. The van der Waals surface area contributed by atoms with Gasteiger partial charge in [0.15, 0.2) is 0 Å². The van der Waals surface area contributed by atoms with Gasteiger partial charge in [0.05, 0.1) is 17.6 Å². The van der Waals surface area contributed by atoms with E-state index in [1.54, 1.807) is 0 Å². The molecule has 0 aliphatic heterocycles. The minimum Gasteiger partial charge on any atom is -0.396 e. The summed E-state index contributed by atoms with van der Waals surface area (Å²) in [6, 6.07) is 4.47. The van der Waals surface area contributed by atoms with Crippen molar-refractivity contribution in [3.05, 3.63) is 24.0 Å². The number of thiocarbonyl (C=S) groups is 1. The number of rotatable bonds is 6. The van der Waals surface area contributed by atoms with Gasteiger partial charge in [-0.3, -0.25) is 4.98 Å². The first kappa shape index (κ1) is 13.2. The second kappa shape index (κ2) is 6.11. The molecule has 1 fully saturated rings. The number of anilines is 1. The molecule has 18 heavy (non-hydrogen) atoms. The van der Waals surface area contributed by atoms with E-state index >= 15 is 0 Å². The van der Waals surface area contributed by atoms with Crippen LogP contribution in [-0.2, 0) is 0 Å². The van der Waals surface area contributed by atoms with E-state index in [0.29, 0.717) is 16.7 Å². The molecular formula is C13H19N3OS. The SMILES string of the molecule is NC(=S)c1ccc(N(CCCO)C2CCC2)cn1. The zero-order valence-electron chi connectivity index (χ0n) is 10.4. The molecule has 0 spiro atoms. The van der Waals surface area contributed by atoms with E-state index in [4.69, 9.17) is 23.1 Å². The van der Waals surface area contributed by atoms with Crippen molar-refractivity contribution >= 4 is 22.9 Å². The van der Waals surface area contributed by atoms with Crippen LogP contribution < -0.4 is 10.6 Å². The Balaban J connectivity index is 2.11. The summed E-state index contributed by atoms with van der Waals surface area (Å²) in [4.78, 5) is 6.93. The number of aromatic nitrogens is 1. The van der Waals surface area contributed by atoms with Gasteiger partial charge in [-0.15, -0.1) is 0 Å². The van der Waals surface area contributed by atoms with E-state index in [0.717, 1.165) is 18.7 Å². The summed E-state index contributed by atoms with van der Waals surface area (Å²) in [5.41, 5.74) is 7.29. The first-order valence-corrected chi connectivity index (χ1v) is 6.76. The van der Waals surface area contributed by atoms with Gasteiger partial charge >= 0.3 is 0 Å². The van der Waals surface area contributed by atoms with Gasteiger partial charge in [-0.1, -0.05) is 12.2 Å². The van der Waals surface area contributed by atoms with E-state index in [2.05, 4.69) is 9.88 Å². The highest BCUT2D eigenvalue weighted by Gasteiger charge is 2.24. The zero-order valence-corrected chi connectivity index (χ0v) is 11.2. The molecule has 0 saturated heterocycles. The normalized spacial score (nSPS) is 15.2. The molecule has 1 aliphatic rings. The molecule has 98 valence electrons. The Morgan fingerprint density at radius 2 is 2.28 bits per heavy atom. The number of nitrogens with two attached hydrogens (primary N) is 1. The van der Waals surface area contributed by atoms with Crippen LogP contribution in [0.15, 0.2) is 18.3 Å². The minimum absolute atomic E-state index is 0.224. The highest BCUT2D eigenvalue weighted by Crippen LogP contribution is 2.29. The quantitative estimate of drug-likeness (QED) is 0.762. The Morgan fingerprint density at radius 3 is 2.72 bits per heavy atom. The highest BCUT2D eigenvalue weighted by molar-refractivity contribution is 7.80. The Labute approximate surface area is 113 Å². The third-order valence-electron chi connectivity index (χ3n) is 3.40. The van der Waals surface area contributed by atoms with Crippen LogP contribution in [-0.4, -0.2) is 34.3 Å². The van der Waals surface area contributed by atoms with E-state index < -0.39 is 0 Å². The summed E-state index contributed by atoms with van der Waals surface area (Å²) >= 11 is 4.90. The molecule has 0 amide bonds. The van der Waals surface area contributed by atoms with Gasteiger partial charge in [-0.05, 0) is 37.8 Å². The molecular weight excluding hydrogens is 246 g/mol. The lowest BCUT2D eigenvalue weighted by Gasteiger charge is -2.39. The van der Waals surface area contributed by atoms with E-state index in [9.17, 15) is 0 Å². The topological polar surface area (TPSA) is 62.4 Å². The molecule has 1 heterocycles. The maximum absolute atomic E-state index is 8.98. The van der Waals surface area contributed by atoms with Gasteiger partial charge < -0.3 is 15.7 Å². The molecule has 1 aromatic heterocycles. The lowest BCUT2D eigenvalue weighted by atomic mass is 9.91. The molecule has 3 N–H and O–H groups in total. The fourth-order valence-corrected chi connectivity index (χ4v) is 2.28. The van der Waals surface area contributed by atoms with Crippen LogP contribution in [0.3, 0.4) is 0 Å². The van der Waals surface area contributed by atoms with E-state index in [1.165, 1.54) is 19.3 Å². The largest absolute Gasteiger partial charge is 0.396 e. The van der Waals surface area contributed by atoms with Crippen molar-refractivity contribution in [1.29, 1.82) is 0 Å². The average Bonchev–Trinajstić information content (AvgIpc) is 2.32. The molecule has 1 aromatic rings. The van der Waals surface area contributed by atoms with Gasteiger partial charge in [0, 0.05) is 19.2 Å². The predicted molar refractivity (Wildman–Crippen MR) is 76.8 cm³/mol. The predicted octanol–water partition coefficient (Wildman–Crippen LogP) is 1.46. The van der Waals surface area contributed by atoms with Gasteiger partial charge in [0.2, 0.25) is 0 Å². The molecule has 0 atom stereocenters. The van der Waals surface area contributed by atoms with Gasteiger partial charge in [-0.2, -0.15) is 0 Å². The molecule has 0 aromatic carbocycles. The summed E-state index contributed by atoms with van der Waals surface area (Å²) < 4.78 is 0. The average molecular weight is 265 g/mol. The van der Waals surface area contributed by atoms with Crippen LogP contribution in [0.2, 0.25) is 0 Å². The summed E-state index contributed by atoms with van der Waals surface area (Å²) in [6.07, 6.45) is 6.35. The second-order valence-electron chi connectivity index (χ2n) is 4.62. The molecule has 0 bridgehead atoms. The third-order valence-corrected chi connectivity index (χ3v) is 3.61. The van der Waals surface area contributed by atoms with E-state index in [-0.39, 0.29) is 6.61 Å². The zero-order chi connectivity index (χ0) is 13.0. The molecule has 0 radical (unpaired) electrons. The van der Waals surface area contributed by atoms with Crippen LogP contribution in [0.1, 0.15) is 31.4 Å². The van der Waals surface area contributed by atoms with Crippen molar-refractivity contribution in [2.75, 3.05) is 18.1 Å². The van der Waals surface area contributed by atoms with Gasteiger partial charge in [0.1, 0.15) is 4.99 Å². The second-order valence-corrected chi connectivity index (χ2v) is 5.06. The van der Waals surface area contributed by atoms with Gasteiger partial charge in [0.25, 0.3) is 0 Å². The van der Waals surface area contributed by atoms with Crippen molar-refractivity contribution < 1.29 is 5.11 Å². The Morgan fingerprint density at radius 1 is 1.50 bits per heavy atom. The molecule has 0 unspecified atom stereocenters. The third kappa shape index (κ3) is 2.97. The number of aliphatic hydroxyl groups is 1. The van der Waals surface area contributed by atoms with Crippen molar-refractivity contribution in [2.24, 2.45) is 5.73 Å². The van der Waals surface area contributed by atoms with Crippen LogP contribution >= 0.6 is 12.2 Å². The molecule has 2 rings (SSSR count). The Kier molecular flexibility index (Phi) is 4.49. The van der Waals surface area contributed by atoms with Crippen molar-refractivity contribution in [3.8, 4) is 0 Å². The molecule has 4 nitrogen and oxygen atoms in total. The lowest BCUT2D eigenvalue weighted by Crippen LogP contribution is -2.41. The number of aliphatic hydroxyl groups excluding tert-OH is 1. The summed E-state index contributed by atoms with van der Waals surface area (Å²) in [6.45, 7) is 1.09. The monoisotopic (exact) mass is 265 g/mol. The first-order chi connectivity index (χ1) is 8.72. The van der Waals surface area contributed by atoms with Crippen LogP contribution in [0.5, 0.6) is 0 Å². The highest BCUT2D eigenvalue weighted by atomic mass is 32.1. The van der Waals surface area contributed by atoms with Crippen molar-refractivity contribution in [3.63, 3.8) is 0 Å². The van der Waals surface area contributed by atoms with Crippen molar-refractivity contribution in [2.45, 2.75) is 31.7 Å². The van der Waals surface area contributed by atoms with Crippen LogP contribution in [0.4, 0.5) is 5.69 Å². The fraction of sp³-hybridized carbons (Fsp3) is 0.538. The number of nitrogens with zero attached hydrogens (tertiary/aromatic N) is 2. The fourth-order valence-electron chi connectivity index (χ4n) is 2.16. The number of hydrogen-bond acceptors (Lipinski definition) is 4. The number of hydrogen-bond donors (Lipinski definition) is 2. The van der Waals surface area contributed by atoms with Crippen molar-refractivity contribution in [1.82, 2.24) is 4.98 Å². The van der Waals surface area contributed by atoms with Crippen LogP contribution in [0.25, 0.3) is 0 Å². The Hall–Kier alpha value is -1.20. The lowest BCUT2D eigenvalue weighted by molar-refractivity contribution is 0.283.